The van der Waals surface area contributed by atoms with Gasteiger partial charge in [-0.2, -0.15) is 0 Å². The van der Waals surface area contributed by atoms with Crippen molar-refractivity contribution in [2.45, 2.75) is 6.42 Å². The molecular weight excluding hydrogens is 140 g/mol. The predicted molar refractivity (Wildman–Crippen MR) is 45.3 cm³/mol. The first-order valence-electron chi connectivity index (χ1n) is 3.53. The first-order chi connectivity index (χ1) is 5.36. The van der Waals surface area contributed by atoms with E-state index in [-0.39, 0.29) is 0 Å². The highest BCUT2D eigenvalue weighted by Crippen LogP contribution is 2.04. The van der Waals surface area contributed by atoms with Gasteiger partial charge in [-0.1, -0.05) is 11.2 Å². The molecule has 60 valence electrons. The summed E-state index contributed by atoms with van der Waals surface area (Å²) in [5.41, 5.74) is 2.08. The smallest absolute Gasteiger partial charge is 0.106 e. The van der Waals surface area contributed by atoms with Gasteiger partial charge in [0.1, 0.15) is 7.11 Å². The second-order valence-electron chi connectivity index (χ2n) is 2.21. The van der Waals surface area contributed by atoms with Crippen LogP contribution in [0.1, 0.15) is 6.42 Å². The molecule has 1 rings (SSSR count). The van der Waals surface area contributed by atoms with E-state index in [1.54, 1.807) is 7.11 Å². The minimum Gasteiger partial charge on any atom is -0.399 e. The molecule has 11 heavy (non-hydrogen) atoms. The number of nitrogens with one attached hydrogen (secondary N) is 1. The lowest BCUT2D eigenvalue weighted by Gasteiger charge is -2.06. The van der Waals surface area contributed by atoms with Crippen LogP contribution in [0.3, 0.4) is 0 Å². The fourth-order valence-corrected chi connectivity index (χ4v) is 0.907. The molecule has 1 aliphatic rings. The van der Waals surface area contributed by atoms with Crippen LogP contribution >= 0.6 is 0 Å². The summed E-state index contributed by atoms with van der Waals surface area (Å²) in [6.07, 6.45) is 6.81. The minimum atomic E-state index is 0.834. The molecule has 0 amide bonds. The second kappa shape index (κ2) is 3.81. The average molecular weight is 152 g/mol. The lowest BCUT2D eigenvalue weighted by atomic mass is 10.1. The summed E-state index contributed by atoms with van der Waals surface area (Å²) < 4.78 is 0. The van der Waals surface area contributed by atoms with Crippen LogP contribution in [0.5, 0.6) is 0 Å². The zero-order chi connectivity index (χ0) is 8.10. The van der Waals surface area contributed by atoms with E-state index in [9.17, 15) is 0 Å². The summed E-state index contributed by atoms with van der Waals surface area (Å²) in [5.74, 6) is 0. The Kier molecular flexibility index (Phi) is 2.72. The van der Waals surface area contributed by atoms with E-state index < -0.39 is 0 Å². The highest BCUT2D eigenvalue weighted by atomic mass is 16.6. The van der Waals surface area contributed by atoms with Gasteiger partial charge in [0.15, 0.2) is 0 Å². The Morgan fingerprint density at radius 2 is 2.36 bits per heavy atom. The van der Waals surface area contributed by atoms with Crippen LogP contribution in [0.2, 0.25) is 0 Å². The Balaban J connectivity index is 2.57. The second-order valence-corrected chi connectivity index (χ2v) is 2.21. The van der Waals surface area contributed by atoms with Crippen molar-refractivity contribution in [2.24, 2.45) is 5.16 Å². The SMILES string of the molecule is CNC1=CCC(=NOC)C=C1. The van der Waals surface area contributed by atoms with Crippen LogP contribution in [0, 0.1) is 0 Å². The lowest BCUT2D eigenvalue weighted by Crippen LogP contribution is -2.08. The Bertz CT molecular complexity index is 216. The Morgan fingerprint density at radius 3 is 2.82 bits per heavy atom. The van der Waals surface area contributed by atoms with E-state index in [1.165, 1.54) is 0 Å². The fourth-order valence-electron chi connectivity index (χ4n) is 0.907. The van der Waals surface area contributed by atoms with Crippen LogP contribution in [0.4, 0.5) is 0 Å². The van der Waals surface area contributed by atoms with Gasteiger partial charge >= 0.3 is 0 Å². The molecule has 0 atom stereocenters. The standard InChI is InChI=1S/C8H12N2O/c1-9-7-3-5-8(6-4-7)10-11-2/h3-5,9H,6H2,1-2H3. The third-order valence-corrected chi connectivity index (χ3v) is 1.48. The number of oxime groups is 1. The average Bonchev–Trinajstić information content (AvgIpc) is 2.07. The van der Waals surface area contributed by atoms with Gasteiger partial charge in [0.05, 0.1) is 5.71 Å². The van der Waals surface area contributed by atoms with Gasteiger partial charge < -0.3 is 10.2 Å². The fraction of sp³-hybridized carbons (Fsp3) is 0.375. The monoisotopic (exact) mass is 152 g/mol. The van der Waals surface area contributed by atoms with Crippen LogP contribution in [0.25, 0.3) is 0 Å². The quantitative estimate of drug-likeness (QED) is 0.600. The Hall–Kier alpha value is -1.25. The van der Waals surface area contributed by atoms with Crippen molar-refractivity contribution in [1.29, 1.82) is 0 Å². The van der Waals surface area contributed by atoms with Gasteiger partial charge in [0, 0.05) is 19.2 Å². The lowest BCUT2D eigenvalue weighted by molar-refractivity contribution is 0.213. The van der Waals surface area contributed by atoms with E-state index in [0.29, 0.717) is 0 Å². The molecule has 0 aromatic heterocycles. The van der Waals surface area contributed by atoms with Gasteiger partial charge in [-0.25, -0.2) is 0 Å². The molecule has 0 aromatic carbocycles. The van der Waals surface area contributed by atoms with E-state index in [0.717, 1.165) is 17.8 Å². The normalized spacial score (nSPS) is 19.8. The van der Waals surface area contributed by atoms with Crippen molar-refractivity contribution < 1.29 is 4.84 Å². The highest BCUT2D eigenvalue weighted by molar-refractivity contribution is 5.97. The minimum absolute atomic E-state index is 0.834. The molecule has 0 saturated heterocycles. The van der Waals surface area contributed by atoms with Crippen molar-refractivity contribution in [3.63, 3.8) is 0 Å². The third-order valence-electron chi connectivity index (χ3n) is 1.48. The van der Waals surface area contributed by atoms with E-state index in [4.69, 9.17) is 0 Å². The summed E-state index contributed by atoms with van der Waals surface area (Å²) in [5, 5.41) is 6.85. The molecule has 1 aliphatic carbocycles. The summed E-state index contributed by atoms with van der Waals surface area (Å²) in [6, 6.07) is 0. The molecule has 1 N–H and O–H groups in total. The maximum Gasteiger partial charge on any atom is 0.106 e. The summed E-state index contributed by atoms with van der Waals surface area (Å²) in [6.45, 7) is 0. The maximum absolute atomic E-state index is 4.64. The van der Waals surface area contributed by atoms with Crippen molar-refractivity contribution in [3.05, 3.63) is 23.9 Å². The highest BCUT2D eigenvalue weighted by Gasteiger charge is 1.99. The number of nitrogens with zero attached hydrogens (tertiary/aromatic N) is 1. The van der Waals surface area contributed by atoms with Crippen LogP contribution in [-0.2, 0) is 4.84 Å². The number of allylic oxidation sites excluding steroid dienone is 3. The summed E-state index contributed by atoms with van der Waals surface area (Å²) in [4.78, 5) is 4.64. The van der Waals surface area contributed by atoms with Crippen LogP contribution in [-0.4, -0.2) is 19.9 Å². The van der Waals surface area contributed by atoms with Gasteiger partial charge in [-0.15, -0.1) is 0 Å². The zero-order valence-electron chi connectivity index (χ0n) is 6.79. The Morgan fingerprint density at radius 1 is 1.55 bits per heavy atom. The Labute approximate surface area is 66.4 Å². The van der Waals surface area contributed by atoms with Crippen molar-refractivity contribution in [1.82, 2.24) is 5.32 Å². The molecule has 0 radical (unpaired) electrons. The predicted octanol–water partition coefficient (Wildman–Crippen LogP) is 1.05. The molecule has 0 aromatic rings. The van der Waals surface area contributed by atoms with Gasteiger partial charge in [-0.05, 0) is 12.2 Å². The van der Waals surface area contributed by atoms with E-state index in [2.05, 4.69) is 21.4 Å². The molecule has 0 unspecified atom stereocenters. The van der Waals surface area contributed by atoms with Gasteiger partial charge in [0.2, 0.25) is 0 Å². The third kappa shape index (κ3) is 2.11. The zero-order valence-corrected chi connectivity index (χ0v) is 6.79. The van der Waals surface area contributed by atoms with Gasteiger partial charge in [0.25, 0.3) is 0 Å². The molecule has 0 bridgehead atoms. The number of likely N-dealkylation sites (N-methyl/N-ethyl adjacent to an activating group) is 1. The molecule has 0 heterocycles. The number of hydrogen-bond acceptors (Lipinski definition) is 3. The number of hydrogen-bond donors (Lipinski definition) is 1. The molecule has 0 fully saturated rings. The molecule has 0 aliphatic heterocycles. The largest absolute Gasteiger partial charge is 0.399 e. The maximum atomic E-state index is 4.64. The topological polar surface area (TPSA) is 33.6 Å². The van der Waals surface area contributed by atoms with Crippen molar-refractivity contribution in [3.8, 4) is 0 Å². The molecular formula is C8H12N2O. The summed E-state index contributed by atoms with van der Waals surface area (Å²) >= 11 is 0. The van der Waals surface area contributed by atoms with Crippen LogP contribution < -0.4 is 5.32 Å². The molecule has 0 saturated carbocycles. The molecule has 3 nitrogen and oxygen atoms in total. The van der Waals surface area contributed by atoms with Crippen LogP contribution in [0.15, 0.2) is 29.1 Å². The number of rotatable bonds is 2. The van der Waals surface area contributed by atoms with Gasteiger partial charge in [-0.3, -0.25) is 0 Å². The first-order valence-corrected chi connectivity index (χ1v) is 3.53. The van der Waals surface area contributed by atoms with E-state index in [1.807, 2.05) is 19.2 Å². The van der Waals surface area contributed by atoms with Crippen molar-refractivity contribution in [2.75, 3.05) is 14.2 Å². The molecule has 0 spiro atoms. The molecule has 3 heteroatoms. The van der Waals surface area contributed by atoms with Crippen molar-refractivity contribution >= 4 is 5.71 Å². The summed E-state index contributed by atoms with van der Waals surface area (Å²) in [7, 11) is 3.45. The first kappa shape index (κ1) is 7.85. The van der Waals surface area contributed by atoms with E-state index >= 15 is 0 Å².